The molecule has 2 N–H and O–H groups in total. The van der Waals surface area contributed by atoms with Crippen molar-refractivity contribution in [3.63, 3.8) is 0 Å². The number of rotatable bonds is 13. The molecule has 0 aliphatic carbocycles. The van der Waals surface area contributed by atoms with E-state index < -0.39 is 11.9 Å². The van der Waals surface area contributed by atoms with Gasteiger partial charge in [-0.05, 0) is 37.8 Å². The first-order valence-corrected chi connectivity index (χ1v) is 13.4. The first kappa shape index (κ1) is 31.0. The third kappa shape index (κ3) is 10.6. The summed E-state index contributed by atoms with van der Waals surface area (Å²) in [5, 5.41) is 22.5. The summed E-state index contributed by atoms with van der Waals surface area (Å²) in [5.41, 5.74) is 1.37. The van der Waals surface area contributed by atoms with Crippen molar-refractivity contribution in [2.75, 3.05) is 13.1 Å². The molecule has 1 aliphatic heterocycles. The molecule has 0 radical (unpaired) electrons. The highest BCUT2D eigenvalue weighted by Crippen LogP contribution is 2.33. The molecule has 1 aliphatic rings. The average molecular weight is 535 g/mol. The summed E-state index contributed by atoms with van der Waals surface area (Å²) in [6, 6.07) is 4.54. The number of carbonyl (C=O) groups is 3. The summed E-state index contributed by atoms with van der Waals surface area (Å²) in [7, 11) is 0. The highest BCUT2D eigenvalue weighted by Gasteiger charge is 2.28. The molecule has 210 valence electrons. The zero-order chi connectivity index (χ0) is 27.9. The number of hydrogen-bond donors (Lipinski definition) is 2. The third-order valence-corrected chi connectivity index (χ3v) is 6.62. The molecule has 1 fully saturated rings. The van der Waals surface area contributed by atoms with Crippen LogP contribution >= 0.6 is 0 Å². The fourth-order valence-corrected chi connectivity index (χ4v) is 4.45. The van der Waals surface area contributed by atoms with E-state index in [4.69, 9.17) is 19.6 Å². The molecule has 1 atom stereocenters. The number of fused-ring (bicyclic) bond motifs is 1. The maximum absolute atomic E-state index is 13.4. The van der Waals surface area contributed by atoms with Crippen molar-refractivity contribution in [2.24, 2.45) is 5.92 Å². The van der Waals surface area contributed by atoms with E-state index in [-0.39, 0.29) is 23.6 Å². The van der Waals surface area contributed by atoms with Gasteiger partial charge in [0, 0.05) is 42.6 Å². The Kier molecular flexibility index (Phi) is 13.5. The zero-order valence-electron chi connectivity index (χ0n) is 22.2. The molecule has 1 aromatic carbocycles. The van der Waals surface area contributed by atoms with Gasteiger partial charge in [-0.2, -0.15) is 0 Å². The first-order valence-electron chi connectivity index (χ1n) is 13.4. The van der Waals surface area contributed by atoms with Gasteiger partial charge < -0.3 is 19.6 Å². The fraction of sp³-hybridized carbons (Fsp3) is 0.571. The Morgan fingerprint density at radius 2 is 1.71 bits per heavy atom. The fourth-order valence-electron chi connectivity index (χ4n) is 4.45. The van der Waals surface area contributed by atoms with Crippen LogP contribution in [0, 0.1) is 11.7 Å². The van der Waals surface area contributed by atoms with Gasteiger partial charge in [-0.3, -0.25) is 4.79 Å². The van der Waals surface area contributed by atoms with E-state index in [2.05, 4.69) is 19.0 Å². The summed E-state index contributed by atoms with van der Waals surface area (Å²) in [6.07, 6.45) is 11.9. The lowest BCUT2D eigenvalue weighted by Crippen LogP contribution is -2.36. The quantitative estimate of drug-likeness (QED) is 0.231. The van der Waals surface area contributed by atoms with Gasteiger partial charge >= 0.3 is 17.9 Å². The van der Waals surface area contributed by atoms with E-state index >= 15 is 0 Å². The van der Waals surface area contributed by atoms with Crippen LogP contribution in [0.1, 0.15) is 89.7 Å². The Labute approximate surface area is 222 Å². The number of hydrogen-bond acceptors (Lipinski definition) is 7. The van der Waals surface area contributed by atoms with Crippen LogP contribution in [0.5, 0.6) is 0 Å². The number of carboxylic acids is 2. The number of halogens is 1. The van der Waals surface area contributed by atoms with Crippen molar-refractivity contribution in [1.29, 1.82) is 0 Å². The summed E-state index contributed by atoms with van der Waals surface area (Å²) >= 11 is 0. The van der Waals surface area contributed by atoms with E-state index in [0.29, 0.717) is 30.8 Å². The molecular weight excluding hydrogens is 495 g/mol. The minimum atomic E-state index is -1.26. The first-order chi connectivity index (χ1) is 18.2. The maximum Gasteiger partial charge on any atom is 0.328 e. The minimum Gasteiger partial charge on any atom is -0.478 e. The number of carbonyl (C=O) groups excluding carboxylic acids is 1. The Balaban J connectivity index is 0.000000550. The predicted molar refractivity (Wildman–Crippen MR) is 140 cm³/mol. The Morgan fingerprint density at radius 1 is 1.08 bits per heavy atom. The van der Waals surface area contributed by atoms with E-state index in [1.165, 1.54) is 44.2 Å². The summed E-state index contributed by atoms with van der Waals surface area (Å²) in [4.78, 5) is 37.4. The molecule has 38 heavy (non-hydrogen) atoms. The van der Waals surface area contributed by atoms with Crippen molar-refractivity contribution >= 4 is 28.9 Å². The van der Waals surface area contributed by atoms with Crippen LogP contribution < -0.4 is 0 Å². The standard InChI is InChI=1S/C24H35FN2O3.C4H4O4/c1-3-5-6-7-8-9-10-18(4-2)24(28)30-27-15-13-19(14-16-27)23-21-12-11-20(25)17-22(21)29-26-23;5-3(6)1-2-4(7)8/h11-12,17-19H,3-10,13-16H2,1-2H3;1-2H,(H,5,6)(H,7,8). The third-order valence-electron chi connectivity index (χ3n) is 6.62. The molecule has 0 amide bonds. The van der Waals surface area contributed by atoms with E-state index in [0.717, 1.165) is 43.2 Å². The van der Waals surface area contributed by atoms with Crippen LogP contribution in [0.15, 0.2) is 34.9 Å². The van der Waals surface area contributed by atoms with Crippen LogP contribution in [0.3, 0.4) is 0 Å². The van der Waals surface area contributed by atoms with Gasteiger partial charge in [0.05, 0.1) is 11.6 Å². The average Bonchev–Trinajstić information content (AvgIpc) is 3.31. The van der Waals surface area contributed by atoms with Crippen molar-refractivity contribution in [3.8, 4) is 0 Å². The lowest BCUT2D eigenvalue weighted by atomic mass is 9.92. The molecule has 0 bridgehead atoms. The molecule has 1 saturated heterocycles. The molecule has 0 saturated carbocycles. The Morgan fingerprint density at radius 3 is 2.32 bits per heavy atom. The highest BCUT2D eigenvalue weighted by molar-refractivity contribution is 5.89. The number of hydroxylamine groups is 2. The van der Waals surface area contributed by atoms with Crippen LogP contribution in [-0.2, 0) is 19.2 Å². The number of nitrogens with zero attached hydrogens (tertiary/aromatic N) is 2. The Hall–Kier alpha value is -3.27. The largest absolute Gasteiger partial charge is 0.478 e. The topological polar surface area (TPSA) is 130 Å². The summed E-state index contributed by atoms with van der Waals surface area (Å²) < 4.78 is 18.7. The number of carboxylic acid groups (broad SMARTS) is 2. The van der Waals surface area contributed by atoms with Gasteiger partial charge in [0.25, 0.3) is 0 Å². The molecule has 1 unspecified atom stereocenters. The molecule has 10 heteroatoms. The lowest BCUT2D eigenvalue weighted by Gasteiger charge is -2.30. The molecule has 9 nitrogen and oxygen atoms in total. The normalized spacial score (nSPS) is 15.2. The lowest BCUT2D eigenvalue weighted by molar-refractivity contribution is -0.200. The molecule has 2 aromatic rings. The second-order valence-electron chi connectivity index (χ2n) is 9.49. The molecule has 1 aromatic heterocycles. The number of aliphatic carboxylic acids is 2. The van der Waals surface area contributed by atoms with E-state index in [1.54, 1.807) is 11.1 Å². The minimum absolute atomic E-state index is 0.0109. The highest BCUT2D eigenvalue weighted by atomic mass is 19.1. The second kappa shape index (κ2) is 16.5. The van der Waals surface area contributed by atoms with Crippen molar-refractivity contribution in [3.05, 3.63) is 41.9 Å². The number of unbranched alkanes of at least 4 members (excludes halogenated alkanes) is 5. The van der Waals surface area contributed by atoms with Gasteiger partial charge in [0.2, 0.25) is 0 Å². The van der Waals surface area contributed by atoms with Gasteiger partial charge in [-0.1, -0.05) is 57.5 Å². The van der Waals surface area contributed by atoms with Crippen LogP contribution in [0.2, 0.25) is 0 Å². The molecule has 0 spiro atoms. The molecule has 3 rings (SSSR count). The zero-order valence-corrected chi connectivity index (χ0v) is 22.2. The van der Waals surface area contributed by atoms with Crippen molar-refractivity contribution in [1.82, 2.24) is 10.2 Å². The number of benzene rings is 1. The number of aromatic nitrogens is 1. The summed E-state index contributed by atoms with van der Waals surface area (Å²) in [5.74, 6) is -2.70. The SMILES string of the molecule is CCCCCCCCC(CC)C(=O)ON1CCC(c2noc3cc(F)ccc23)CC1.O=C(O)C=CC(=O)O. The van der Waals surface area contributed by atoms with Crippen LogP contribution in [0.4, 0.5) is 4.39 Å². The van der Waals surface area contributed by atoms with Crippen molar-refractivity contribution < 1.29 is 38.3 Å². The summed E-state index contributed by atoms with van der Waals surface area (Å²) in [6.45, 7) is 5.65. The van der Waals surface area contributed by atoms with E-state index in [1.807, 2.05) is 0 Å². The molecule has 2 heterocycles. The van der Waals surface area contributed by atoms with Gasteiger partial charge in [0.1, 0.15) is 5.82 Å². The Bertz CT molecular complexity index is 1040. The van der Waals surface area contributed by atoms with Crippen LogP contribution in [0.25, 0.3) is 11.0 Å². The molecular formula is C28H39FN2O7. The number of piperidine rings is 1. The monoisotopic (exact) mass is 534 g/mol. The maximum atomic E-state index is 13.4. The van der Waals surface area contributed by atoms with Crippen LogP contribution in [-0.4, -0.2) is 51.4 Å². The predicted octanol–water partition coefficient (Wildman–Crippen LogP) is 6.09. The van der Waals surface area contributed by atoms with Gasteiger partial charge in [0.15, 0.2) is 5.58 Å². The van der Waals surface area contributed by atoms with Crippen molar-refractivity contribution in [2.45, 2.75) is 84.0 Å². The van der Waals surface area contributed by atoms with Gasteiger partial charge in [-0.15, -0.1) is 5.06 Å². The smallest absolute Gasteiger partial charge is 0.328 e. The second-order valence-corrected chi connectivity index (χ2v) is 9.49. The van der Waals surface area contributed by atoms with E-state index in [9.17, 15) is 18.8 Å². The van der Waals surface area contributed by atoms with Gasteiger partial charge in [-0.25, -0.2) is 14.0 Å².